The topological polar surface area (TPSA) is 32.3 Å². The maximum Gasteiger partial charge on any atom is 0.147 e. The number of pyridine rings is 2. The van der Waals surface area contributed by atoms with E-state index in [-0.39, 0.29) is 0 Å². The Kier molecular flexibility index (Phi) is 3.53. The van der Waals surface area contributed by atoms with E-state index in [1.54, 1.807) is 11.8 Å². The van der Waals surface area contributed by atoms with Crippen LogP contribution >= 0.6 is 11.8 Å². The van der Waals surface area contributed by atoms with Crippen LogP contribution in [0.1, 0.15) is 12.8 Å². The Balaban J connectivity index is 1.64. The number of fused-ring (bicyclic) bond motifs is 2. The third-order valence-corrected chi connectivity index (χ3v) is 5.22. The summed E-state index contributed by atoms with van der Waals surface area (Å²) in [6.45, 7) is 4.54. The van der Waals surface area contributed by atoms with Gasteiger partial charge in [0, 0.05) is 30.4 Å². The van der Waals surface area contributed by atoms with Crippen LogP contribution < -0.4 is 4.90 Å². The summed E-state index contributed by atoms with van der Waals surface area (Å²) in [5.41, 5.74) is 1.19. The summed E-state index contributed by atoms with van der Waals surface area (Å²) in [6.07, 6.45) is 8.38. The molecule has 0 aromatic carbocycles. The van der Waals surface area contributed by atoms with Crippen molar-refractivity contribution in [1.82, 2.24) is 14.9 Å². The van der Waals surface area contributed by atoms with E-state index >= 15 is 0 Å². The molecule has 2 aromatic rings. The number of rotatable bonds is 3. The highest BCUT2D eigenvalue weighted by Gasteiger charge is 2.25. The fourth-order valence-corrected chi connectivity index (χ4v) is 4.07. The van der Waals surface area contributed by atoms with Crippen LogP contribution in [0.2, 0.25) is 0 Å². The number of hydrogen-bond acceptors (Lipinski definition) is 5. The number of nitrogens with zero attached hydrogens (tertiary/aromatic N) is 4. The summed E-state index contributed by atoms with van der Waals surface area (Å²) in [4.78, 5) is 16.3. The molecule has 21 heavy (non-hydrogen) atoms. The summed E-state index contributed by atoms with van der Waals surface area (Å²) < 4.78 is 0. The zero-order valence-corrected chi connectivity index (χ0v) is 12.7. The van der Waals surface area contributed by atoms with Crippen molar-refractivity contribution < 1.29 is 0 Å². The molecule has 0 N–H and O–H groups in total. The van der Waals surface area contributed by atoms with E-state index in [2.05, 4.69) is 31.9 Å². The molecule has 0 bridgehead atoms. The van der Waals surface area contributed by atoms with Crippen LogP contribution in [0.5, 0.6) is 0 Å². The van der Waals surface area contributed by atoms with Gasteiger partial charge in [-0.15, -0.1) is 0 Å². The molecule has 0 saturated carbocycles. The molecule has 1 saturated heterocycles. The molecule has 2 aliphatic rings. The van der Waals surface area contributed by atoms with Crippen LogP contribution in [0.15, 0.2) is 46.6 Å². The van der Waals surface area contributed by atoms with Crippen LogP contribution in [0, 0.1) is 0 Å². The second-order valence-electron chi connectivity index (χ2n) is 5.47. The van der Waals surface area contributed by atoms with Gasteiger partial charge in [0.2, 0.25) is 0 Å². The molecular formula is C16H18N4S. The molecule has 0 amide bonds. The van der Waals surface area contributed by atoms with Gasteiger partial charge in [0.1, 0.15) is 5.82 Å². The van der Waals surface area contributed by atoms with Crippen molar-refractivity contribution in [1.29, 1.82) is 0 Å². The number of anilines is 2. The van der Waals surface area contributed by atoms with Gasteiger partial charge >= 0.3 is 0 Å². The Morgan fingerprint density at radius 1 is 1.05 bits per heavy atom. The maximum absolute atomic E-state index is 4.60. The van der Waals surface area contributed by atoms with E-state index in [4.69, 9.17) is 0 Å². The van der Waals surface area contributed by atoms with Gasteiger partial charge in [-0.2, -0.15) is 0 Å². The lowest BCUT2D eigenvalue weighted by Crippen LogP contribution is -2.32. The van der Waals surface area contributed by atoms with Crippen molar-refractivity contribution in [3.8, 4) is 0 Å². The molecule has 4 rings (SSSR count). The van der Waals surface area contributed by atoms with E-state index in [0.29, 0.717) is 0 Å². The van der Waals surface area contributed by atoms with Gasteiger partial charge in [0.15, 0.2) is 0 Å². The third-order valence-electron chi connectivity index (χ3n) is 4.12. The van der Waals surface area contributed by atoms with Crippen LogP contribution in [0.4, 0.5) is 11.5 Å². The maximum atomic E-state index is 4.60. The summed E-state index contributed by atoms with van der Waals surface area (Å²) in [6, 6.07) is 6.26. The molecule has 0 aliphatic carbocycles. The number of aromatic nitrogens is 2. The first-order chi connectivity index (χ1) is 10.4. The van der Waals surface area contributed by atoms with Crippen molar-refractivity contribution in [2.24, 2.45) is 0 Å². The first-order valence-electron chi connectivity index (χ1n) is 7.48. The molecule has 4 heterocycles. The summed E-state index contributed by atoms with van der Waals surface area (Å²) in [7, 11) is 0. The average Bonchev–Trinajstić information content (AvgIpc) is 3.05. The number of likely N-dealkylation sites (tertiary alicyclic amines) is 1. The standard InChI is InChI=1S/C16H18N4S/c1-2-9-19(8-1)10-11-20-13-12-17-7-5-14(13)21-15-4-3-6-18-16(15)20/h3-7,12H,1-2,8-11H2. The smallest absolute Gasteiger partial charge is 0.147 e. The minimum Gasteiger partial charge on any atom is -0.322 e. The average molecular weight is 298 g/mol. The van der Waals surface area contributed by atoms with Crippen LogP contribution in [-0.2, 0) is 0 Å². The predicted octanol–water partition coefficient (Wildman–Crippen LogP) is 3.18. The Hall–Kier alpha value is -1.59. The van der Waals surface area contributed by atoms with Gasteiger partial charge in [-0.3, -0.25) is 4.98 Å². The molecule has 0 atom stereocenters. The van der Waals surface area contributed by atoms with Crippen molar-refractivity contribution in [2.45, 2.75) is 22.6 Å². The first kappa shape index (κ1) is 13.1. The Bertz CT molecular complexity index is 594. The van der Waals surface area contributed by atoms with Crippen molar-refractivity contribution in [2.75, 3.05) is 31.1 Å². The van der Waals surface area contributed by atoms with Crippen LogP contribution in [-0.4, -0.2) is 41.0 Å². The minimum absolute atomic E-state index is 0.975. The minimum atomic E-state index is 0.975. The van der Waals surface area contributed by atoms with E-state index in [1.165, 1.54) is 41.4 Å². The van der Waals surface area contributed by atoms with E-state index in [9.17, 15) is 0 Å². The lowest BCUT2D eigenvalue weighted by Gasteiger charge is -2.32. The molecular weight excluding hydrogens is 280 g/mol. The fraction of sp³-hybridized carbons (Fsp3) is 0.375. The lowest BCUT2D eigenvalue weighted by atomic mass is 10.3. The van der Waals surface area contributed by atoms with E-state index < -0.39 is 0 Å². The monoisotopic (exact) mass is 298 g/mol. The summed E-state index contributed by atoms with van der Waals surface area (Å²) >= 11 is 1.79. The van der Waals surface area contributed by atoms with Gasteiger partial charge in [0.25, 0.3) is 0 Å². The zero-order valence-electron chi connectivity index (χ0n) is 11.9. The molecule has 4 nitrogen and oxygen atoms in total. The van der Waals surface area contributed by atoms with Gasteiger partial charge in [-0.1, -0.05) is 11.8 Å². The quantitative estimate of drug-likeness (QED) is 0.869. The largest absolute Gasteiger partial charge is 0.322 e. The fourth-order valence-electron chi connectivity index (χ4n) is 3.03. The van der Waals surface area contributed by atoms with Crippen LogP contribution in [0.25, 0.3) is 0 Å². The lowest BCUT2D eigenvalue weighted by molar-refractivity contribution is 0.347. The molecule has 0 unspecified atom stereocenters. The molecule has 2 aromatic heterocycles. The SMILES string of the molecule is c1cnc2c(c1)Sc1ccncc1N2CCN1CCCC1. The van der Waals surface area contributed by atoms with E-state index in [0.717, 1.165) is 18.9 Å². The normalized spacial score (nSPS) is 17.6. The molecule has 5 heteroatoms. The summed E-state index contributed by atoms with van der Waals surface area (Å²) in [5.74, 6) is 1.07. The Morgan fingerprint density at radius 2 is 1.95 bits per heavy atom. The number of hydrogen-bond donors (Lipinski definition) is 0. The van der Waals surface area contributed by atoms with Crippen LogP contribution in [0.3, 0.4) is 0 Å². The molecule has 0 spiro atoms. The predicted molar refractivity (Wildman–Crippen MR) is 85.3 cm³/mol. The molecule has 2 aliphatic heterocycles. The molecule has 108 valence electrons. The second kappa shape index (κ2) is 5.66. The van der Waals surface area contributed by atoms with Crippen molar-refractivity contribution in [3.63, 3.8) is 0 Å². The van der Waals surface area contributed by atoms with Gasteiger partial charge in [-0.25, -0.2) is 4.98 Å². The van der Waals surface area contributed by atoms with Gasteiger partial charge in [-0.05, 0) is 44.1 Å². The second-order valence-corrected chi connectivity index (χ2v) is 6.55. The molecule has 1 fully saturated rings. The molecule has 0 radical (unpaired) electrons. The highest BCUT2D eigenvalue weighted by atomic mass is 32.2. The first-order valence-corrected chi connectivity index (χ1v) is 8.30. The van der Waals surface area contributed by atoms with E-state index in [1.807, 2.05) is 24.7 Å². The summed E-state index contributed by atoms with van der Waals surface area (Å²) in [5, 5.41) is 0. The van der Waals surface area contributed by atoms with Gasteiger partial charge < -0.3 is 9.80 Å². The van der Waals surface area contributed by atoms with Crippen molar-refractivity contribution >= 4 is 23.3 Å². The van der Waals surface area contributed by atoms with Crippen molar-refractivity contribution in [3.05, 3.63) is 36.8 Å². The highest BCUT2D eigenvalue weighted by Crippen LogP contribution is 2.46. The Morgan fingerprint density at radius 3 is 2.86 bits per heavy atom. The highest BCUT2D eigenvalue weighted by molar-refractivity contribution is 7.99. The third kappa shape index (κ3) is 2.51. The Labute approximate surface area is 129 Å². The zero-order chi connectivity index (χ0) is 14.1. The van der Waals surface area contributed by atoms with Gasteiger partial charge in [0.05, 0.1) is 16.8 Å².